The molecule has 8 nitrogen and oxygen atoms in total. The van der Waals surface area contributed by atoms with E-state index in [-0.39, 0.29) is 17.6 Å². The topological polar surface area (TPSA) is 90.9 Å². The third-order valence-electron chi connectivity index (χ3n) is 5.22. The van der Waals surface area contributed by atoms with E-state index >= 15 is 0 Å². The van der Waals surface area contributed by atoms with Crippen molar-refractivity contribution in [3.05, 3.63) is 36.2 Å². The lowest BCUT2D eigenvalue weighted by Gasteiger charge is -2.33. The van der Waals surface area contributed by atoms with Crippen molar-refractivity contribution in [1.29, 1.82) is 0 Å². The Hall–Kier alpha value is -3.08. The number of alkyl halides is 3. The number of alkyl carbamates (subject to hydrolysis) is 1. The van der Waals surface area contributed by atoms with Crippen LogP contribution < -0.4 is 20.9 Å². The van der Waals surface area contributed by atoms with Gasteiger partial charge in [0.25, 0.3) is 0 Å². The standard InChI is InChI=1S/C21H27F3N6O2/c1-5-16-18(19(25-6-2)28-20(31)32-16)13(4)15-9-14(29-21(22,23)24)10-17(27-15)30-8-7-26-12(3)11-30/h6,9-10,12,16,26H,2,5,7-8,11H2,1,3-4H3,(H,27,29)(H,25,28,31)/b18-13+/t12-,16?/m0/s1. The highest BCUT2D eigenvalue weighted by molar-refractivity contribution is 6.13. The average molecular weight is 452 g/mol. The second-order valence-corrected chi connectivity index (χ2v) is 7.65. The van der Waals surface area contributed by atoms with Crippen molar-refractivity contribution < 1.29 is 22.7 Å². The van der Waals surface area contributed by atoms with Crippen LogP contribution in [0.4, 0.5) is 29.5 Å². The maximum Gasteiger partial charge on any atom is 0.482 e. The quantitative estimate of drug-likeness (QED) is 0.591. The second-order valence-electron chi connectivity index (χ2n) is 7.65. The number of nitrogens with zero attached hydrogens (tertiary/aromatic N) is 3. The van der Waals surface area contributed by atoms with E-state index in [4.69, 9.17) is 4.74 Å². The number of carbonyl (C=O) groups excluding carboxylic acids is 1. The van der Waals surface area contributed by atoms with Crippen molar-refractivity contribution in [3.8, 4) is 0 Å². The van der Waals surface area contributed by atoms with E-state index < -0.39 is 18.5 Å². The van der Waals surface area contributed by atoms with Crippen LogP contribution in [0.2, 0.25) is 0 Å². The Morgan fingerprint density at radius 2 is 2.22 bits per heavy atom. The number of aliphatic imine (C=N–C) groups is 1. The fourth-order valence-corrected chi connectivity index (χ4v) is 3.82. The third-order valence-corrected chi connectivity index (χ3v) is 5.22. The van der Waals surface area contributed by atoms with Crippen molar-refractivity contribution >= 4 is 29.0 Å². The van der Waals surface area contributed by atoms with Gasteiger partial charge in [-0.1, -0.05) is 13.5 Å². The lowest BCUT2D eigenvalue weighted by atomic mass is 9.96. The number of allylic oxidation sites excluding steroid dienone is 1. The molecule has 2 fully saturated rings. The van der Waals surface area contributed by atoms with Crippen LogP contribution in [0.15, 0.2) is 35.5 Å². The van der Waals surface area contributed by atoms with Crippen LogP contribution in [0.5, 0.6) is 0 Å². The molecule has 32 heavy (non-hydrogen) atoms. The SMILES string of the molecule is C=CN=C1NC(=O)OC(CC)/C1=C(/C)c1cc(NC(F)(F)F)cc(N2CCN[C@@H](C)C2)n1. The summed E-state index contributed by atoms with van der Waals surface area (Å²) in [6.07, 6.45) is -4.13. The molecular weight excluding hydrogens is 425 g/mol. The number of anilines is 2. The number of piperazine rings is 1. The van der Waals surface area contributed by atoms with Crippen molar-refractivity contribution in [1.82, 2.24) is 15.6 Å². The molecule has 2 atom stereocenters. The van der Waals surface area contributed by atoms with E-state index in [1.165, 1.54) is 18.3 Å². The molecule has 1 unspecified atom stereocenters. The smallest absolute Gasteiger partial charge is 0.441 e. The molecule has 3 heterocycles. The molecule has 0 spiro atoms. The van der Waals surface area contributed by atoms with E-state index in [0.29, 0.717) is 48.7 Å². The van der Waals surface area contributed by atoms with Gasteiger partial charge in [-0.2, -0.15) is 13.2 Å². The highest BCUT2D eigenvalue weighted by Gasteiger charge is 2.32. The summed E-state index contributed by atoms with van der Waals surface area (Å²) in [5.41, 5.74) is 1.29. The molecule has 3 N–H and O–H groups in total. The van der Waals surface area contributed by atoms with Crippen LogP contribution in [0, 0.1) is 0 Å². The predicted octanol–water partition coefficient (Wildman–Crippen LogP) is 3.65. The molecule has 0 aliphatic carbocycles. The summed E-state index contributed by atoms with van der Waals surface area (Å²) in [5.74, 6) is 0.674. The van der Waals surface area contributed by atoms with Gasteiger partial charge in [-0.3, -0.25) is 10.6 Å². The van der Waals surface area contributed by atoms with Gasteiger partial charge in [-0.05, 0) is 31.9 Å². The van der Waals surface area contributed by atoms with Gasteiger partial charge < -0.3 is 15.0 Å². The average Bonchev–Trinajstić information content (AvgIpc) is 2.71. The first-order valence-electron chi connectivity index (χ1n) is 10.3. The number of pyridine rings is 1. The molecular formula is C21H27F3N6O2. The van der Waals surface area contributed by atoms with E-state index in [9.17, 15) is 18.0 Å². The van der Waals surface area contributed by atoms with E-state index in [1.54, 1.807) is 12.2 Å². The molecule has 11 heteroatoms. The summed E-state index contributed by atoms with van der Waals surface area (Å²) < 4.78 is 44.7. The molecule has 1 amide bonds. The largest absolute Gasteiger partial charge is 0.482 e. The van der Waals surface area contributed by atoms with Crippen LogP contribution in [-0.2, 0) is 4.74 Å². The van der Waals surface area contributed by atoms with Crippen molar-refractivity contribution in [3.63, 3.8) is 0 Å². The maximum absolute atomic E-state index is 13.1. The monoisotopic (exact) mass is 452 g/mol. The summed E-state index contributed by atoms with van der Waals surface area (Å²) in [6, 6.07) is 2.90. The molecule has 1 aromatic rings. The van der Waals surface area contributed by atoms with Crippen LogP contribution in [0.1, 0.15) is 32.9 Å². The summed E-state index contributed by atoms with van der Waals surface area (Å²) in [4.78, 5) is 22.6. The zero-order valence-electron chi connectivity index (χ0n) is 18.2. The summed E-state index contributed by atoms with van der Waals surface area (Å²) in [7, 11) is 0. The zero-order chi connectivity index (χ0) is 23.5. The first-order valence-corrected chi connectivity index (χ1v) is 10.3. The fraction of sp³-hybridized carbons (Fsp3) is 0.476. The molecule has 0 bridgehead atoms. The van der Waals surface area contributed by atoms with Crippen LogP contribution in [0.25, 0.3) is 5.57 Å². The number of ether oxygens (including phenoxy) is 1. The van der Waals surface area contributed by atoms with Gasteiger partial charge >= 0.3 is 12.4 Å². The first-order chi connectivity index (χ1) is 15.1. The highest BCUT2D eigenvalue weighted by atomic mass is 19.4. The normalized spacial score (nSPS) is 24.6. The summed E-state index contributed by atoms with van der Waals surface area (Å²) in [6.45, 7) is 11.1. The Morgan fingerprint density at radius 3 is 2.84 bits per heavy atom. The lowest BCUT2D eigenvalue weighted by Crippen LogP contribution is -2.49. The van der Waals surface area contributed by atoms with Gasteiger partial charge in [0.15, 0.2) is 0 Å². The van der Waals surface area contributed by atoms with Crippen molar-refractivity contribution in [2.75, 3.05) is 29.9 Å². The number of hydrogen-bond donors (Lipinski definition) is 3. The van der Waals surface area contributed by atoms with E-state index in [2.05, 4.69) is 27.2 Å². The number of rotatable bonds is 5. The Labute approximate surface area is 184 Å². The van der Waals surface area contributed by atoms with Crippen molar-refractivity contribution in [2.24, 2.45) is 4.99 Å². The Balaban J connectivity index is 2.13. The molecule has 0 saturated carbocycles. The summed E-state index contributed by atoms with van der Waals surface area (Å²) in [5, 5.41) is 7.43. The van der Waals surface area contributed by atoms with E-state index in [1.807, 2.05) is 18.7 Å². The minimum absolute atomic E-state index is 0.125. The summed E-state index contributed by atoms with van der Waals surface area (Å²) >= 11 is 0. The van der Waals surface area contributed by atoms with Gasteiger partial charge in [0.2, 0.25) is 0 Å². The predicted molar refractivity (Wildman–Crippen MR) is 118 cm³/mol. The number of halogens is 3. The van der Waals surface area contributed by atoms with Crippen LogP contribution >= 0.6 is 0 Å². The van der Waals surface area contributed by atoms with Crippen LogP contribution in [0.3, 0.4) is 0 Å². The van der Waals surface area contributed by atoms with Gasteiger partial charge in [0.1, 0.15) is 17.8 Å². The van der Waals surface area contributed by atoms with E-state index in [0.717, 1.165) is 0 Å². The molecule has 0 radical (unpaired) electrons. The molecule has 3 rings (SSSR count). The number of hydrogen-bond acceptors (Lipinski definition) is 7. The Morgan fingerprint density at radius 1 is 1.47 bits per heavy atom. The minimum Gasteiger partial charge on any atom is -0.441 e. The lowest BCUT2D eigenvalue weighted by molar-refractivity contribution is -0.0999. The van der Waals surface area contributed by atoms with Gasteiger partial charge in [0.05, 0.1) is 5.69 Å². The van der Waals surface area contributed by atoms with Gasteiger partial charge in [0, 0.05) is 49.2 Å². The number of aromatic nitrogens is 1. The molecule has 2 aliphatic heterocycles. The fourth-order valence-electron chi connectivity index (χ4n) is 3.82. The van der Waals surface area contributed by atoms with Gasteiger partial charge in [-0.25, -0.2) is 14.8 Å². The Kier molecular flexibility index (Phi) is 7.07. The number of nitrogens with one attached hydrogen (secondary N) is 3. The molecule has 1 aromatic heterocycles. The molecule has 174 valence electrons. The number of cyclic esters (lactones) is 1. The molecule has 2 saturated heterocycles. The third kappa shape index (κ3) is 5.58. The first kappa shape index (κ1) is 23.6. The molecule has 0 aromatic carbocycles. The molecule has 2 aliphatic rings. The minimum atomic E-state index is -4.60. The number of carbonyl (C=O) groups is 1. The number of amidine groups is 1. The Bertz CT molecular complexity index is 944. The maximum atomic E-state index is 13.1. The van der Waals surface area contributed by atoms with Crippen molar-refractivity contribution in [2.45, 2.75) is 45.6 Å². The zero-order valence-corrected chi connectivity index (χ0v) is 18.2. The van der Waals surface area contributed by atoms with Gasteiger partial charge in [-0.15, -0.1) is 0 Å². The van der Waals surface area contributed by atoms with Crippen LogP contribution in [-0.4, -0.2) is 55.0 Å². The number of amides is 1. The second kappa shape index (κ2) is 9.60. The highest BCUT2D eigenvalue weighted by Crippen LogP contribution is 2.31.